The highest BCUT2D eigenvalue weighted by Crippen LogP contribution is 2.34. The van der Waals surface area contributed by atoms with Crippen molar-refractivity contribution < 1.29 is 19.3 Å². The van der Waals surface area contributed by atoms with E-state index < -0.39 is 5.60 Å². The van der Waals surface area contributed by atoms with Crippen LogP contribution in [0.1, 0.15) is 44.1 Å². The molecule has 1 saturated carbocycles. The lowest BCUT2D eigenvalue weighted by molar-refractivity contribution is -0.142. The second kappa shape index (κ2) is 7.16. The number of hydrogen-bond donors (Lipinski definition) is 2. The van der Waals surface area contributed by atoms with E-state index in [-0.39, 0.29) is 25.1 Å². The predicted octanol–water partition coefficient (Wildman–Crippen LogP) is 2.79. The Bertz CT molecular complexity index is 424. The molecule has 0 aliphatic heterocycles. The van der Waals surface area contributed by atoms with Crippen LogP contribution in [-0.2, 0) is 11.3 Å². The molecule has 1 aliphatic carbocycles. The fourth-order valence-corrected chi connectivity index (χ4v) is 2.91. The van der Waals surface area contributed by atoms with E-state index in [0.29, 0.717) is 24.8 Å². The Hall–Kier alpha value is -0.970. The third-order valence-electron chi connectivity index (χ3n) is 4.09. The van der Waals surface area contributed by atoms with Crippen molar-refractivity contribution in [1.29, 1.82) is 0 Å². The van der Waals surface area contributed by atoms with Crippen LogP contribution in [0.3, 0.4) is 0 Å². The van der Waals surface area contributed by atoms with Crippen LogP contribution in [0.25, 0.3) is 0 Å². The summed E-state index contributed by atoms with van der Waals surface area (Å²) in [5, 5.41) is 19.6. The maximum Gasteiger partial charge on any atom is 0.128 e. The summed E-state index contributed by atoms with van der Waals surface area (Å²) in [5.41, 5.74) is -0.366. The highest BCUT2D eigenvalue weighted by molar-refractivity contribution is 5.16. The second-order valence-corrected chi connectivity index (χ2v) is 5.57. The fourth-order valence-electron chi connectivity index (χ4n) is 2.91. The number of aliphatic hydroxyl groups excluding tert-OH is 1. The van der Waals surface area contributed by atoms with Gasteiger partial charge in [-0.3, -0.25) is 0 Å². The quantitative estimate of drug-likeness (QED) is 0.843. The summed E-state index contributed by atoms with van der Waals surface area (Å²) in [6.07, 6.45) is 4.29. The normalized spacial score (nSPS) is 26.6. The van der Waals surface area contributed by atoms with Gasteiger partial charge in [0.1, 0.15) is 5.82 Å². The third-order valence-corrected chi connectivity index (χ3v) is 4.09. The fraction of sp³-hybridized carbons (Fsp3) is 0.625. The van der Waals surface area contributed by atoms with Crippen LogP contribution in [0.4, 0.5) is 4.39 Å². The molecule has 2 N–H and O–H groups in total. The van der Waals surface area contributed by atoms with Crippen molar-refractivity contribution in [2.75, 3.05) is 6.61 Å². The van der Waals surface area contributed by atoms with Gasteiger partial charge in [0, 0.05) is 12.2 Å². The van der Waals surface area contributed by atoms with Gasteiger partial charge in [-0.05, 0) is 31.7 Å². The molecule has 0 aromatic heterocycles. The van der Waals surface area contributed by atoms with Gasteiger partial charge in [-0.2, -0.15) is 0 Å². The van der Waals surface area contributed by atoms with E-state index in [0.717, 1.165) is 19.3 Å². The predicted molar refractivity (Wildman–Crippen MR) is 74.7 cm³/mol. The largest absolute Gasteiger partial charge is 0.396 e. The average Bonchev–Trinajstić information content (AvgIpc) is 2.46. The minimum absolute atomic E-state index is 0.0718. The molecule has 0 amide bonds. The van der Waals surface area contributed by atoms with E-state index in [1.54, 1.807) is 18.2 Å². The van der Waals surface area contributed by atoms with Crippen LogP contribution in [0.2, 0.25) is 0 Å². The Labute approximate surface area is 119 Å². The van der Waals surface area contributed by atoms with Crippen LogP contribution in [0.5, 0.6) is 0 Å². The molecule has 1 aromatic rings. The smallest absolute Gasteiger partial charge is 0.128 e. The molecule has 3 nitrogen and oxygen atoms in total. The minimum Gasteiger partial charge on any atom is -0.396 e. The Morgan fingerprint density at radius 1 is 1.30 bits per heavy atom. The molecule has 1 fully saturated rings. The molecule has 2 atom stereocenters. The van der Waals surface area contributed by atoms with Crippen LogP contribution >= 0.6 is 0 Å². The molecule has 0 spiro atoms. The number of aliphatic hydroxyl groups is 2. The summed E-state index contributed by atoms with van der Waals surface area (Å²) in [4.78, 5) is 0. The molecule has 0 bridgehead atoms. The molecule has 0 saturated heterocycles. The van der Waals surface area contributed by atoms with Crippen LogP contribution in [0, 0.1) is 5.82 Å². The number of benzene rings is 1. The first-order chi connectivity index (χ1) is 9.65. The van der Waals surface area contributed by atoms with Crippen molar-refractivity contribution in [1.82, 2.24) is 0 Å². The molecular formula is C16H23FO3. The topological polar surface area (TPSA) is 49.7 Å². The number of rotatable bonds is 6. The van der Waals surface area contributed by atoms with Gasteiger partial charge < -0.3 is 14.9 Å². The maximum absolute atomic E-state index is 13.6. The van der Waals surface area contributed by atoms with E-state index in [1.165, 1.54) is 6.07 Å². The van der Waals surface area contributed by atoms with Crippen LogP contribution < -0.4 is 0 Å². The lowest BCUT2D eigenvalue weighted by atomic mass is 9.79. The van der Waals surface area contributed by atoms with E-state index in [1.807, 2.05) is 0 Å². The Kier molecular flexibility index (Phi) is 5.52. The van der Waals surface area contributed by atoms with Gasteiger partial charge >= 0.3 is 0 Å². The highest BCUT2D eigenvalue weighted by Gasteiger charge is 2.39. The standard InChI is InChI=1S/C16H23FO3/c17-14-7-2-1-6-13(14)12-20-15-8-3-4-9-16(15,19)10-5-11-18/h1-2,6-7,15,18-19H,3-5,8-12H2. The number of ether oxygens (including phenoxy) is 1. The maximum atomic E-state index is 13.6. The second-order valence-electron chi connectivity index (χ2n) is 5.57. The summed E-state index contributed by atoms with van der Waals surface area (Å²) < 4.78 is 19.4. The van der Waals surface area contributed by atoms with Gasteiger partial charge in [-0.25, -0.2) is 4.39 Å². The first-order valence-electron chi connectivity index (χ1n) is 7.34. The van der Waals surface area contributed by atoms with Gasteiger partial charge in [0.05, 0.1) is 18.3 Å². The molecule has 1 aliphatic rings. The van der Waals surface area contributed by atoms with Gasteiger partial charge in [0.25, 0.3) is 0 Å². The van der Waals surface area contributed by atoms with Crippen molar-refractivity contribution in [2.45, 2.75) is 56.8 Å². The van der Waals surface area contributed by atoms with Crippen molar-refractivity contribution in [2.24, 2.45) is 0 Å². The molecular weight excluding hydrogens is 259 g/mol. The zero-order chi connectivity index (χ0) is 14.4. The molecule has 112 valence electrons. The highest BCUT2D eigenvalue weighted by atomic mass is 19.1. The number of halogens is 1. The van der Waals surface area contributed by atoms with Crippen LogP contribution in [0.15, 0.2) is 24.3 Å². The molecule has 2 unspecified atom stereocenters. The molecule has 0 radical (unpaired) electrons. The SMILES string of the molecule is OCCCC1(O)CCCCC1OCc1ccccc1F. The van der Waals surface area contributed by atoms with Gasteiger partial charge in [0.2, 0.25) is 0 Å². The zero-order valence-electron chi connectivity index (χ0n) is 11.7. The van der Waals surface area contributed by atoms with Crippen molar-refractivity contribution in [3.8, 4) is 0 Å². The minimum atomic E-state index is -0.883. The monoisotopic (exact) mass is 282 g/mol. The third kappa shape index (κ3) is 3.78. The van der Waals surface area contributed by atoms with Gasteiger partial charge in [-0.15, -0.1) is 0 Å². The molecule has 20 heavy (non-hydrogen) atoms. The lowest BCUT2D eigenvalue weighted by Gasteiger charge is -2.39. The van der Waals surface area contributed by atoms with Gasteiger partial charge in [0.15, 0.2) is 0 Å². The van der Waals surface area contributed by atoms with E-state index in [9.17, 15) is 9.50 Å². The molecule has 2 rings (SSSR count). The van der Waals surface area contributed by atoms with Crippen molar-refractivity contribution in [3.63, 3.8) is 0 Å². The van der Waals surface area contributed by atoms with E-state index in [2.05, 4.69) is 0 Å². The average molecular weight is 282 g/mol. The lowest BCUT2D eigenvalue weighted by Crippen LogP contribution is -2.46. The zero-order valence-corrected chi connectivity index (χ0v) is 11.7. The first-order valence-corrected chi connectivity index (χ1v) is 7.34. The molecule has 0 heterocycles. The van der Waals surface area contributed by atoms with Crippen molar-refractivity contribution in [3.05, 3.63) is 35.6 Å². The Balaban J connectivity index is 1.97. The Morgan fingerprint density at radius 2 is 2.10 bits per heavy atom. The molecule has 1 aromatic carbocycles. The number of hydrogen-bond acceptors (Lipinski definition) is 3. The summed E-state index contributed by atoms with van der Waals surface area (Å²) in [5.74, 6) is -0.276. The summed E-state index contributed by atoms with van der Waals surface area (Å²) in [7, 11) is 0. The van der Waals surface area contributed by atoms with Gasteiger partial charge in [-0.1, -0.05) is 31.0 Å². The Morgan fingerprint density at radius 3 is 2.85 bits per heavy atom. The van der Waals surface area contributed by atoms with E-state index >= 15 is 0 Å². The summed E-state index contributed by atoms with van der Waals surface area (Å²) in [6, 6.07) is 6.54. The van der Waals surface area contributed by atoms with Crippen molar-refractivity contribution >= 4 is 0 Å². The summed E-state index contributed by atoms with van der Waals surface area (Å²) >= 11 is 0. The van der Waals surface area contributed by atoms with Crippen LogP contribution in [-0.4, -0.2) is 28.5 Å². The van der Waals surface area contributed by atoms with E-state index in [4.69, 9.17) is 9.84 Å². The molecule has 4 heteroatoms. The first kappa shape index (κ1) is 15.4. The summed E-state index contributed by atoms with van der Waals surface area (Å²) in [6.45, 7) is 0.251.